The number of dihydropyridines is 1. The highest BCUT2D eigenvalue weighted by Crippen LogP contribution is 2.04. The Labute approximate surface area is 98.9 Å². The average molecular weight is 231 g/mol. The molecule has 0 saturated heterocycles. The highest BCUT2D eigenvalue weighted by Gasteiger charge is 2.12. The lowest BCUT2D eigenvalue weighted by atomic mass is 10.2. The summed E-state index contributed by atoms with van der Waals surface area (Å²) < 4.78 is 0. The number of pyridine rings is 1. The van der Waals surface area contributed by atoms with Crippen molar-refractivity contribution in [2.24, 2.45) is 0 Å². The summed E-state index contributed by atoms with van der Waals surface area (Å²) in [7, 11) is 0. The zero-order valence-corrected chi connectivity index (χ0v) is 9.13. The van der Waals surface area contributed by atoms with Gasteiger partial charge in [0.2, 0.25) is 0 Å². The molecule has 1 unspecified atom stereocenters. The Hall–Kier alpha value is -2.14. The van der Waals surface area contributed by atoms with E-state index in [9.17, 15) is 4.79 Å². The van der Waals surface area contributed by atoms with Crippen molar-refractivity contribution in [1.29, 1.82) is 0 Å². The number of aromatic nitrogens is 1. The Morgan fingerprint density at radius 1 is 1.59 bits per heavy atom. The molecule has 0 bridgehead atoms. The van der Waals surface area contributed by atoms with Crippen LogP contribution in [0, 0.1) is 0 Å². The molecule has 0 spiro atoms. The van der Waals surface area contributed by atoms with E-state index < -0.39 is 5.97 Å². The van der Waals surface area contributed by atoms with Crippen molar-refractivity contribution in [2.45, 2.75) is 12.7 Å². The zero-order valence-electron chi connectivity index (χ0n) is 9.13. The Morgan fingerprint density at radius 2 is 2.47 bits per heavy atom. The summed E-state index contributed by atoms with van der Waals surface area (Å²) in [6.07, 6.45) is 8.11. The lowest BCUT2D eigenvalue weighted by molar-refractivity contribution is -0.132. The van der Waals surface area contributed by atoms with Gasteiger partial charge in [-0.2, -0.15) is 0 Å². The first-order valence-electron chi connectivity index (χ1n) is 5.26. The van der Waals surface area contributed by atoms with Crippen molar-refractivity contribution in [1.82, 2.24) is 15.6 Å². The fourth-order valence-electron chi connectivity index (χ4n) is 1.52. The van der Waals surface area contributed by atoms with Crippen LogP contribution in [0.15, 0.2) is 48.5 Å². The van der Waals surface area contributed by atoms with Crippen LogP contribution in [0.3, 0.4) is 0 Å². The molecule has 1 aliphatic heterocycles. The van der Waals surface area contributed by atoms with Crippen LogP contribution in [0.1, 0.15) is 5.56 Å². The number of rotatable bonds is 4. The number of carbonyl (C=O) groups is 1. The second-order valence-electron chi connectivity index (χ2n) is 3.65. The van der Waals surface area contributed by atoms with Crippen molar-refractivity contribution in [3.05, 3.63) is 54.0 Å². The van der Waals surface area contributed by atoms with E-state index in [0.29, 0.717) is 6.54 Å². The van der Waals surface area contributed by atoms with E-state index >= 15 is 0 Å². The molecule has 0 aliphatic carbocycles. The minimum absolute atomic E-state index is 0.175. The molecule has 5 nitrogen and oxygen atoms in total. The summed E-state index contributed by atoms with van der Waals surface area (Å²) in [6.45, 7) is 0.628. The molecule has 1 aromatic heterocycles. The monoisotopic (exact) mass is 231 g/mol. The fourth-order valence-corrected chi connectivity index (χ4v) is 1.52. The maximum Gasteiger partial charge on any atom is 0.335 e. The van der Waals surface area contributed by atoms with Crippen LogP contribution < -0.4 is 10.6 Å². The molecule has 2 rings (SSSR count). The van der Waals surface area contributed by atoms with Crippen LogP contribution >= 0.6 is 0 Å². The highest BCUT2D eigenvalue weighted by atomic mass is 16.4. The van der Waals surface area contributed by atoms with Gasteiger partial charge >= 0.3 is 5.97 Å². The van der Waals surface area contributed by atoms with Gasteiger partial charge in [-0.05, 0) is 30.0 Å². The Kier molecular flexibility index (Phi) is 3.52. The van der Waals surface area contributed by atoms with Gasteiger partial charge in [-0.15, -0.1) is 0 Å². The van der Waals surface area contributed by atoms with Gasteiger partial charge in [0.25, 0.3) is 0 Å². The van der Waals surface area contributed by atoms with Crippen molar-refractivity contribution in [2.75, 3.05) is 0 Å². The molecule has 0 saturated carbocycles. The number of nitrogens with one attached hydrogen (secondary N) is 2. The predicted octanol–water partition coefficient (Wildman–Crippen LogP) is 0.625. The van der Waals surface area contributed by atoms with Crippen molar-refractivity contribution < 1.29 is 9.90 Å². The van der Waals surface area contributed by atoms with Crippen molar-refractivity contribution in [3.8, 4) is 0 Å². The summed E-state index contributed by atoms with van der Waals surface area (Å²) in [5, 5.41) is 15.1. The zero-order chi connectivity index (χ0) is 12.1. The normalized spacial score (nSPS) is 18.4. The predicted molar refractivity (Wildman–Crippen MR) is 62.9 cm³/mol. The third kappa shape index (κ3) is 3.15. The molecule has 0 amide bonds. The summed E-state index contributed by atoms with van der Waals surface area (Å²) in [4.78, 5) is 14.8. The molecular formula is C12H13N3O2. The van der Waals surface area contributed by atoms with E-state index in [1.807, 2.05) is 12.1 Å². The summed E-state index contributed by atoms with van der Waals surface area (Å²) in [5.41, 5.74) is 1.33. The maximum atomic E-state index is 10.8. The molecule has 2 heterocycles. The second kappa shape index (κ2) is 5.27. The quantitative estimate of drug-likeness (QED) is 0.708. The van der Waals surface area contributed by atoms with Gasteiger partial charge in [0.15, 0.2) is 0 Å². The number of hydrogen-bond donors (Lipinski definition) is 3. The molecule has 1 atom stereocenters. The third-order valence-electron chi connectivity index (χ3n) is 2.38. The van der Waals surface area contributed by atoms with Crippen LogP contribution in [0.25, 0.3) is 0 Å². The standard InChI is InChI=1S/C12H13N3O2/c16-12(17)10-3-5-14-11(6-10)15-8-9-2-1-4-13-7-9/h1-7,11,14-15H,8H2,(H,16,17). The Balaban J connectivity index is 1.93. The molecule has 1 aliphatic rings. The van der Waals surface area contributed by atoms with E-state index in [0.717, 1.165) is 5.56 Å². The molecule has 3 N–H and O–H groups in total. The minimum Gasteiger partial charge on any atom is -0.478 e. The third-order valence-corrected chi connectivity index (χ3v) is 2.38. The van der Waals surface area contributed by atoms with E-state index in [2.05, 4.69) is 15.6 Å². The first kappa shape index (κ1) is 11.3. The number of aliphatic carboxylic acids is 1. The molecule has 88 valence electrons. The van der Waals surface area contributed by atoms with Crippen LogP contribution in [0.2, 0.25) is 0 Å². The summed E-state index contributed by atoms with van der Waals surface area (Å²) >= 11 is 0. The van der Waals surface area contributed by atoms with Crippen LogP contribution in [-0.4, -0.2) is 22.2 Å². The number of carboxylic acid groups (broad SMARTS) is 1. The van der Waals surface area contributed by atoms with Crippen molar-refractivity contribution >= 4 is 5.97 Å². The minimum atomic E-state index is -0.920. The molecule has 17 heavy (non-hydrogen) atoms. The maximum absolute atomic E-state index is 10.8. The smallest absolute Gasteiger partial charge is 0.335 e. The topological polar surface area (TPSA) is 74.2 Å². The van der Waals surface area contributed by atoms with Crippen molar-refractivity contribution in [3.63, 3.8) is 0 Å². The Morgan fingerprint density at radius 3 is 3.18 bits per heavy atom. The van der Waals surface area contributed by atoms with Crippen LogP contribution in [0.5, 0.6) is 0 Å². The van der Waals surface area contributed by atoms with Crippen LogP contribution in [0.4, 0.5) is 0 Å². The fraction of sp³-hybridized carbons (Fsp3) is 0.167. The first-order valence-corrected chi connectivity index (χ1v) is 5.26. The number of hydrogen-bond acceptors (Lipinski definition) is 4. The lowest BCUT2D eigenvalue weighted by Crippen LogP contribution is -2.39. The van der Waals surface area contributed by atoms with E-state index in [4.69, 9.17) is 5.11 Å². The van der Waals surface area contributed by atoms with Gasteiger partial charge < -0.3 is 10.4 Å². The van der Waals surface area contributed by atoms with Crippen LogP contribution in [-0.2, 0) is 11.3 Å². The van der Waals surface area contributed by atoms with Gasteiger partial charge in [0.1, 0.15) is 0 Å². The molecule has 0 aromatic carbocycles. The van der Waals surface area contributed by atoms with Gasteiger partial charge in [-0.1, -0.05) is 6.07 Å². The molecular weight excluding hydrogens is 218 g/mol. The van der Waals surface area contributed by atoms with E-state index in [-0.39, 0.29) is 11.7 Å². The Bertz CT molecular complexity index is 454. The van der Waals surface area contributed by atoms with Gasteiger partial charge in [0, 0.05) is 18.9 Å². The molecule has 0 fully saturated rings. The number of nitrogens with zero attached hydrogens (tertiary/aromatic N) is 1. The molecule has 1 aromatic rings. The van der Waals surface area contributed by atoms with Gasteiger partial charge in [-0.3, -0.25) is 10.3 Å². The summed E-state index contributed by atoms with van der Waals surface area (Å²) in [5.74, 6) is -0.920. The second-order valence-corrected chi connectivity index (χ2v) is 3.65. The average Bonchev–Trinajstić information content (AvgIpc) is 2.38. The largest absolute Gasteiger partial charge is 0.478 e. The lowest BCUT2D eigenvalue weighted by Gasteiger charge is -2.19. The SMILES string of the molecule is O=C(O)C1=CC(NCc2cccnc2)NC=C1. The number of carboxylic acids is 1. The molecule has 5 heteroatoms. The van der Waals surface area contributed by atoms with Gasteiger partial charge in [-0.25, -0.2) is 4.79 Å². The molecule has 0 radical (unpaired) electrons. The van der Waals surface area contributed by atoms with E-state index in [1.54, 1.807) is 24.7 Å². The van der Waals surface area contributed by atoms with Gasteiger partial charge in [0.05, 0.1) is 11.7 Å². The summed E-state index contributed by atoms with van der Waals surface area (Å²) in [6, 6.07) is 3.82. The first-order chi connectivity index (χ1) is 8.25. The van der Waals surface area contributed by atoms with E-state index in [1.165, 1.54) is 6.08 Å². The highest BCUT2D eigenvalue weighted by molar-refractivity contribution is 5.90.